The predicted molar refractivity (Wildman–Crippen MR) is 79.3 cm³/mol. The monoisotopic (exact) mass is 378 g/mol. The van der Waals surface area contributed by atoms with Gasteiger partial charge in [0.25, 0.3) is 0 Å². The number of hydrogen-bond acceptors (Lipinski definition) is 1. The van der Waals surface area contributed by atoms with Gasteiger partial charge in [-0.25, -0.2) is 13.2 Å². The van der Waals surface area contributed by atoms with Crippen molar-refractivity contribution in [3.05, 3.63) is 63.4 Å². The number of rotatable bonds is 4. The molecule has 0 aliphatic heterocycles. The van der Waals surface area contributed by atoms with Crippen LogP contribution in [0.4, 0.5) is 13.2 Å². The molecule has 0 aliphatic carbocycles. The molecule has 0 bridgehead atoms. The third kappa shape index (κ3) is 3.52. The maximum absolute atomic E-state index is 13.3. The molecule has 6 heteroatoms. The van der Waals surface area contributed by atoms with E-state index in [4.69, 9.17) is 16.3 Å². The predicted octanol–water partition coefficient (Wildman–Crippen LogP) is 5.59. The van der Waals surface area contributed by atoms with Gasteiger partial charge in [-0.15, -0.1) is 11.6 Å². The smallest absolute Gasteiger partial charge is 0.194 e. The van der Waals surface area contributed by atoms with Gasteiger partial charge >= 0.3 is 0 Å². The van der Waals surface area contributed by atoms with Gasteiger partial charge in [-0.1, -0.05) is 15.9 Å². The van der Waals surface area contributed by atoms with E-state index in [-0.39, 0.29) is 5.56 Å². The maximum Gasteiger partial charge on any atom is 0.194 e. The van der Waals surface area contributed by atoms with Crippen LogP contribution in [0, 0.1) is 17.5 Å². The van der Waals surface area contributed by atoms with Gasteiger partial charge in [0.05, 0.1) is 12.0 Å². The highest BCUT2D eigenvalue weighted by atomic mass is 79.9. The molecule has 1 nitrogen and oxygen atoms in total. The van der Waals surface area contributed by atoms with Crippen molar-refractivity contribution in [1.29, 1.82) is 0 Å². The molecule has 1 unspecified atom stereocenters. The molecule has 0 fully saturated rings. The van der Waals surface area contributed by atoms with Crippen molar-refractivity contribution < 1.29 is 17.9 Å². The highest BCUT2D eigenvalue weighted by molar-refractivity contribution is 9.10. The van der Waals surface area contributed by atoms with Crippen molar-refractivity contribution in [3.8, 4) is 5.75 Å². The summed E-state index contributed by atoms with van der Waals surface area (Å²) in [6.45, 7) is 2.23. The number of halogens is 5. The normalized spacial score (nSPS) is 12.3. The second kappa shape index (κ2) is 6.71. The molecule has 112 valence electrons. The molecule has 0 heterocycles. The first-order chi connectivity index (χ1) is 9.93. The quantitative estimate of drug-likeness (QED) is 0.497. The first-order valence-corrected chi connectivity index (χ1v) is 7.37. The Labute approximate surface area is 133 Å². The highest BCUT2D eigenvalue weighted by Gasteiger charge is 2.20. The van der Waals surface area contributed by atoms with Crippen LogP contribution in [0.15, 0.2) is 34.8 Å². The zero-order chi connectivity index (χ0) is 15.6. The lowest BCUT2D eigenvalue weighted by Gasteiger charge is -2.16. The Morgan fingerprint density at radius 1 is 1.14 bits per heavy atom. The lowest BCUT2D eigenvalue weighted by atomic mass is 10.0. The summed E-state index contributed by atoms with van der Waals surface area (Å²) in [5.74, 6) is -3.56. The largest absolute Gasteiger partial charge is 0.494 e. The zero-order valence-corrected chi connectivity index (χ0v) is 13.3. The molecule has 0 aromatic heterocycles. The van der Waals surface area contributed by atoms with Gasteiger partial charge in [0.1, 0.15) is 5.75 Å². The second-order valence-corrected chi connectivity index (χ2v) is 5.63. The third-order valence-corrected chi connectivity index (χ3v) is 3.82. The van der Waals surface area contributed by atoms with Crippen LogP contribution in [-0.2, 0) is 0 Å². The average molecular weight is 380 g/mol. The summed E-state index contributed by atoms with van der Waals surface area (Å²) in [6, 6.07) is 6.93. The summed E-state index contributed by atoms with van der Waals surface area (Å²) in [7, 11) is 0. The minimum Gasteiger partial charge on any atom is -0.494 e. The van der Waals surface area contributed by atoms with Crippen molar-refractivity contribution in [2.45, 2.75) is 12.3 Å². The summed E-state index contributed by atoms with van der Waals surface area (Å²) >= 11 is 9.59. The van der Waals surface area contributed by atoms with Crippen LogP contribution in [0.3, 0.4) is 0 Å². The van der Waals surface area contributed by atoms with Gasteiger partial charge in [0.15, 0.2) is 17.5 Å². The van der Waals surface area contributed by atoms with E-state index < -0.39 is 22.8 Å². The number of benzene rings is 2. The first kappa shape index (κ1) is 16.2. The average Bonchev–Trinajstić information content (AvgIpc) is 2.45. The van der Waals surface area contributed by atoms with Crippen LogP contribution in [-0.4, -0.2) is 6.61 Å². The number of alkyl halides is 1. The van der Waals surface area contributed by atoms with Crippen molar-refractivity contribution in [2.24, 2.45) is 0 Å². The van der Waals surface area contributed by atoms with Crippen molar-refractivity contribution in [3.63, 3.8) is 0 Å². The summed E-state index contributed by atoms with van der Waals surface area (Å²) < 4.78 is 45.9. The molecule has 0 saturated heterocycles. The molecule has 0 N–H and O–H groups in total. The molecule has 2 aromatic carbocycles. The Hall–Kier alpha value is -1.20. The number of ether oxygens (including phenoxy) is 1. The first-order valence-electron chi connectivity index (χ1n) is 6.14. The molecular formula is C15H11BrClF3O. The summed E-state index contributed by atoms with van der Waals surface area (Å²) in [5.41, 5.74) is 0.658. The van der Waals surface area contributed by atoms with E-state index in [1.54, 1.807) is 18.2 Å². The molecule has 0 spiro atoms. The minimum atomic E-state index is -1.51. The van der Waals surface area contributed by atoms with Crippen molar-refractivity contribution in [1.82, 2.24) is 0 Å². The van der Waals surface area contributed by atoms with E-state index in [1.807, 2.05) is 6.92 Å². The minimum absolute atomic E-state index is 0.118. The summed E-state index contributed by atoms with van der Waals surface area (Å²) in [6.07, 6.45) is 0. The molecule has 0 amide bonds. The van der Waals surface area contributed by atoms with Crippen LogP contribution in [0.1, 0.15) is 23.4 Å². The maximum atomic E-state index is 13.3. The van der Waals surface area contributed by atoms with Gasteiger partial charge in [-0.05, 0) is 42.8 Å². The van der Waals surface area contributed by atoms with Crippen LogP contribution in [0.2, 0.25) is 0 Å². The number of hydrogen-bond donors (Lipinski definition) is 0. The van der Waals surface area contributed by atoms with E-state index in [0.29, 0.717) is 17.9 Å². The lowest BCUT2D eigenvalue weighted by molar-refractivity contribution is 0.336. The SMILES string of the molecule is CCOc1ccc(Br)cc1C(Cl)c1cc(F)c(F)c(F)c1. The Bertz CT molecular complexity index is 640. The Morgan fingerprint density at radius 2 is 1.76 bits per heavy atom. The van der Waals surface area contributed by atoms with Gasteiger partial charge in [0.2, 0.25) is 0 Å². The van der Waals surface area contributed by atoms with Crippen LogP contribution < -0.4 is 4.74 Å². The third-order valence-electron chi connectivity index (χ3n) is 2.84. The van der Waals surface area contributed by atoms with E-state index >= 15 is 0 Å². The molecule has 0 radical (unpaired) electrons. The molecule has 2 rings (SSSR count). The van der Waals surface area contributed by atoms with Gasteiger partial charge < -0.3 is 4.74 Å². The molecular weight excluding hydrogens is 369 g/mol. The fraction of sp³-hybridized carbons (Fsp3) is 0.200. The van der Waals surface area contributed by atoms with E-state index in [2.05, 4.69) is 15.9 Å². The standard InChI is InChI=1S/C15H11BrClF3O/c1-2-21-13-4-3-9(16)7-10(13)14(17)8-5-11(18)15(20)12(19)6-8/h3-7,14H,2H2,1H3. The van der Waals surface area contributed by atoms with Gasteiger partial charge in [-0.3, -0.25) is 0 Å². The van der Waals surface area contributed by atoms with E-state index in [9.17, 15) is 13.2 Å². The topological polar surface area (TPSA) is 9.23 Å². The fourth-order valence-electron chi connectivity index (χ4n) is 1.91. The van der Waals surface area contributed by atoms with Crippen LogP contribution >= 0.6 is 27.5 Å². The van der Waals surface area contributed by atoms with Crippen molar-refractivity contribution >= 4 is 27.5 Å². The highest BCUT2D eigenvalue weighted by Crippen LogP contribution is 2.37. The molecule has 21 heavy (non-hydrogen) atoms. The Kier molecular flexibility index (Phi) is 5.17. The van der Waals surface area contributed by atoms with Gasteiger partial charge in [0, 0.05) is 10.0 Å². The van der Waals surface area contributed by atoms with Gasteiger partial charge in [-0.2, -0.15) is 0 Å². The summed E-state index contributed by atoms with van der Waals surface area (Å²) in [5, 5.41) is -0.867. The van der Waals surface area contributed by atoms with E-state index in [0.717, 1.165) is 16.6 Å². The Balaban J connectivity index is 2.48. The summed E-state index contributed by atoms with van der Waals surface area (Å²) in [4.78, 5) is 0. The van der Waals surface area contributed by atoms with Crippen LogP contribution in [0.5, 0.6) is 5.75 Å². The van der Waals surface area contributed by atoms with Crippen LogP contribution in [0.25, 0.3) is 0 Å². The molecule has 2 aromatic rings. The molecule has 1 atom stereocenters. The second-order valence-electron chi connectivity index (χ2n) is 4.28. The lowest BCUT2D eigenvalue weighted by Crippen LogP contribution is -2.02. The van der Waals surface area contributed by atoms with Crippen molar-refractivity contribution in [2.75, 3.05) is 6.61 Å². The molecule has 0 aliphatic rings. The Morgan fingerprint density at radius 3 is 2.33 bits per heavy atom. The fourth-order valence-corrected chi connectivity index (χ4v) is 2.58. The zero-order valence-electron chi connectivity index (χ0n) is 11.0. The van der Waals surface area contributed by atoms with E-state index in [1.165, 1.54) is 0 Å². The molecule has 0 saturated carbocycles.